The van der Waals surface area contributed by atoms with E-state index in [1.807, 2.05) is 6.08 Å². The van der Waals surface area contributed by atoms with E-state index in [1.165, 1.54) is 16.7 Å². The summed E-state index contributed by atoms with van der Waals surface area (Å²) in [6.45, 7) is 7.48. The highest BCUT2D eigenvalue weighted by Gasteiger charge is 2.47. The molecule has 1 aromatic carbocycles. The van der Waals surface area contributed by atoms with Gasteiger partial charge >= 0.3 is 0 Å². The van der Waals surface area contributed by atoms with Crippen molar-refractivity contribution in [2.24, 2.45) is 5.92 Å². The molecule has 1 heterocycles. The summed E-state index contributed by atoms with van der Waals surface area (Å²) in [5.74, 6) is -0.000347. The van der Waals surface area contributed by atoms with Crippen LogP contribution in [0.2, 0.25) is 0 Å². The molecule has 2 aliphatic rings. The largest absolute Gasteiger partial charge is 0.347 e. The van der Waals surface area contributed by atoms with Gasteiger partial charge in [-0.3, -0.25) is 0 Å². The van der Waals surface area contributed by atoms with Gasteiger partial charge in [0.25, 0.3) is 0 Å². The maximum atomic E-state index is 5.99. The number of hydrogen-bond acceptors (Lipinski definition) is 2. The molecule has 3 rings (SSSR count). The van der Waals surface area contributed by atoms with Gasteiger partial charge in [0.15, 0.2) is 5.79 Å². The standard InChI is InChI=1S/C16H20O2/c1-3-5-14-10-13-7-4-6-12(2)15(13)11-16(14)17-8-9-18-16/h3-4,6-7,14H,1,5,8-11H2,2H3. The third kappa shape index (κ3) is 1.80. The van der Waals surface area contributed by atoms with Crippen LogP contribution in [0.15, 0.2) is 30.9 Å². The Morgan fingerprint density at radius 2 is 2.17 bits per heavy atom. The van der Waals surface area contributed by atoms with E-state index < -0.39 is 5.79 Å². The Balaban J connectivity index is 2.00. The third-order valence-electron chi connectivity index (χ3n) is 4.25. The van der Waals surface area contributed by atoms with Crippen molar-refractivity contribution in [3.05, 3.63) is 47.5 Å². The van der Waals surface area contributed by atoms with Crippen molar-refractivity contribution in [1.29, 1.82) is 0 Å². The molecule has 0 saturated carbocycles. The molecule has 1 saturated heterocycles. The van der Waals surface area contributed by atoms with Gasteiger partial charge in [0.1, 0.15) is 0 Å². The lowest BCUT2D eigenvalue weighted by molar-refractivity contribution is -0.198. The van der Waals surface area contributed by atoms with Crippen LogP contribution in [0.25, 0.3) is 0 Å². The van der Waals surface area contributed by atoms with E-state index in [2.05, 4.69) is 31.7 Å². The molecule has 2 nitrogen and oxygen atoms in total. The predicted octanol–water partition coefficient (Wildman–Crippen LogP) is 3.03. The zero-order chi connectivity index (χ0) is 12.6. The van der Waals surface area contributed by atoms with E-state index in [1.54, 1.807) is 0 Å². The van der Waals surface area contributed by atoms with Crippen LogP contribution in [0, 0.1) is 12.8 Å². The smallest absolute Gasteiger partial charge is 0.175 e. The number of benzene rings is 1. The monoisotopic (exact) mass is 244 g/mol. The molecule has 2 heteroatoms. The Morgan fingerprint density at radius 1 is 1.39 bits per heavy atom. The van der Waals surface area contributed by atoms with Crippen molar-refractivity contribution in [2.45, 2.75) is 32.0 Å². The van der Waals surface area contributed by atoms with Gasteiger partial charge in [-0.2, -0.15) is 0 Å². The highest BCUT2D eigenvalue weighted by molar-refractivity contribution is 5.38. The minimum absolute atomic E-state index is 0.395. The molecule has 96 valence electrons. The number of fused-ring (bicyclic) bond motifs is 1. The Hall–Kier alpha value is -1.12. The van der Waals surface area contributed by atoms with Crippen LogP contribution in [-0.4, -0.2) is 19.0 Å². The zero-order valence-corrected chi connectivity index (χ0v) is 10.9. The predicted molar refractivity (Wildman–Crippen MR) is 71.5 cm³/mol. The Bertz CT molecular complexity index is 458. The summed E-state index contributed by atoms with van der Waals surface area (Å²) in [5.41, 5.74) is 4.22. The fourth-order valence-corrected chi connectivity index (χ4v) is 3.29. The first-order valence-corrected chi connectivity index (χ1v) is 6.71. The zero-order valence-electron chi connectivity index (χ0n) is 10.9. The maximum absolute atomic E-state index is 5.99. The molecule has 0 N–H and O–H groups in total. The van der Waals surface area contributed by atoms with Crippen LogP contribution in [0.4, 0.5) is 0 Å². The number of aryl methyl sites for hydroxylation is 1. The summed E-state index contributed by atoms with van der Waals surface area (Å²) in [7, 11) is 0. The van der Waals surface area contributed by atoms with Crippen molar-refractivity contribution in [2.75, 3.05) is 13.2 Å². The summed E-state index contributed by atoms with van der Waals surface area (Å²) in [4.78, 5) is 0. The molecular weight excluding hydrogens is 224 g/mol. The fraction of sp³-hybridized carbons (Fsp3) is 0.500. The summed E-state index contributed by atoms with van der Waals surface area (Å²) in [6.07, 6.45) is 4.85. The highest BCUT2D eigenvalue weighted by atomic mass is 16.7. The van der Waals surface area contributed by atoms with Gasteiger partial charge in [0.2, 0.25) is 0 Å². The molecule has 0 amide bonds. The molecule has 1 spiro atoms. The van der Waals surface area contributed by atoms with Crippen LogP contribution in [0.1, 0.15) is 23.1 Å². The fourth-order valence-electron chi connectivity index (χ4n) is 3.29. The second-order valence-corrected chi connectivity index (χ2v) is 5.32. The van der Waals surface area contributed by atoms with Gasteiger partial charge in [0, 0.05) is 12.3 Å². The van der Waals surface area contributed by atoms with Crippen LogP contribution in [0.5, 0.6) is 0 Å². The molecule has 0 aromatic heterocycles. The van der Waals surface area contributed by atoms with Crippen LogP contribution in [0.3, 0.4) is 0 Å². The van der Waals surface area contributed by atoms with Gasteiger partial charge in [-0.1, -0.05) is 24.3 Å². The maximum Gasteiger partial charge on any atom is 0.175 e. The quantitative estimate of drug-likeness (QED) is 0.744. The minimum atomic E-state index is -0.396. The van der Waals surface area contributed by atoms with Crippen LogP contribution >= 0.6 is 0 Å². The van der Waals surface area contributed by atoms with Crippen LogP contribution in [-0.2, 0) is 22.3 Å². The third-order valence-corrected chi connectivity index (χ3v) is 4.25. The van der Waals surface area contributed by atoms with Crippen molar-refractivity contribution in [3.63, 3.8) is 0 Å². The van der Waals surface area contributed by atoms with E-state index in [-0.39, 0.29) is 0 Å². The van der Waals surface area contributed by atoms with Crippen molar-refractivity contribution in [3.8, 4) is 0 Å². The van der Waals surface area contributed by atoms with Gasteiger partial charge in [-0.25, -0.2) is 0 Å². The first-order valence-electron chi connectivity index (χ1n) is 6.71. The average molecular weight is 244 g/mol. The van der Waals surface area contributed by atoms with E-state index >= 15 is 0 Å². The number of ether oxygens (including phenoxy) is 2. The molecule has 1 aliphatic heterocycles. The van der Waals surface area contributed by atoms with Crippen molar-refractivity contribution in [1.82, 2.24) is 0 Å². The Labute approximate surface area is 109 Å². The molecule has 0 radical (unpaired) electrons. The molecule has 1 fully saturated rings. The van der Waals surface area contributed by atoms with Gasteiger partial charge in [-0.15, -0.1) is 6.58 Å². The molecular formula is C16H20O2. The number of rotatable bonds is 2. The summed E-state index contributed by atoms with van der Waals surface area (Å²) in [5, 5.41) is 0. The first kappa shape index (κ1) is 11.9. The average Bonchev–Trinajstić information content (AvgIpc) is 2.82. The summed E-state index contributed by atoms with van der Waals surface area (Å²) in [6, 6.07) is 6.56. The van der Waals surface area contributed by atoms with Gasteiger partial charge in [-0.05, 0) is 36.5 Å². The topological polar surface area (TPSA) is 18.5 Å². The van der Waals surface area contributed by atoms with Gasteiger partial charge < -0.3 is 9.47 Å². The lowest BCUT2D eigenvalue weighted by Crippen LogP contribution is -2.45. The Kier molecular flexibility index (Phi) is 3.00. The van der Waals surface area contributed by atoms with Crippen LogP contribution < -0.4 is 0 Å². The van der Waals surface area contributed by atoms with Gasteiger partial charge in [0.05, 0.1) is 13.2 Å². The molecule has 1 aromatic rings. The van der Waals surface area contributed by atoms with E-state index in [4.69, 9.17) is 9.47 Å². The summed E-state index contributed by atoms with van der Waals surface area (Å²) >= 11 is 0. The molecule has 1 atom stereocenters. The second-order valence-electron chi connectivity index (χ2n) is 5.32. The van der Waals surface area contributed by atoms with Crippen molar-refractivity contribution < 1.29 is 9.47 Å². The number of hydrogen-bond donors (Lipinski definition) is 0. The molecule has 1 aliphatic carbocycles. The summed E-state index contributed by atoms with van der Waals surface area (Å²) < 4.78 is 12.0. The van der Waals surface area contributed by atoms with E-state index in [9.17, 15) is 0 Å². The molecule has 1 unspecified atom stereocenters. The minimum Gasteiger partial charge on any atom is -0.347 e. The first-order chi connectivity index (χ1) is 8.75. The number of allylic oxidation sites excluding steroid dienone is 1. The van der Waals surface area contributed by atoms with E-state index in [0.717, 1.165) is 32.5 Å². The lowest BCUT2D eigenvalue weighted by Gasteiger charge is -2.40. The normalized spacial score (nSPS) is 25.1. The highest BCUT2D eigenvalue weighted by Crippen LogP contribution is 2.42. The van der Waals surface area contributed by atoms with Crippen molar-refractivity contribution >= 4 is 0 Å². The molecule has 18 heavy (non-hydrogen) atoms. The van der Waals surface area contributed by atoms with E-state index in [0.29, 0.717) is 5.92 Å². The SMILES string of the molecule is C=CCC1Cc2cccc(C)c2CC12OCCO2. The molecule has 0 bridgehead atoms. The Morgan fingerprint density at radius 3 is 2.89 bits per heavy atom. The second kappa shape index (κ2) is 4.52. The lowest BCUT2D eigenvalue weighted by atomic mass is 9.76.